The maximum atomic E-state index is 12.9. The van der Waals surface area contributed by atoms with E-state index in [9.17, 15) is 4.39 Å². The molecule has 0 atom stereocenters. The highest BCUT2D eigenvalue weighted by atomic mass is 19.1. The number of rotatable bonds is 3. The third-order valence-corrected chi connectivity index (χ3v) is 2.35. The van der Waals surface area contributed by atoms with Gasteiger partial charge in [0.2, 0.25) is 0 Å². The second-order valence-electron chi connectivity index (χ2n) is 3.72. The lowest BCUT2D eigenvalue weighted by molar-refractivity contribution is 0.309. The van der Waals surface area contributed by atoms with Crippen molar-refractivity contribution in [2.24, 2.45) is 5.16 Å². The van der Waals surface area contributed by atoms with E-state index in [1.165, 1.54) is 6.92 Å². The van der Waals surface area contributed by atoms with Crippen LogP contribution in [-0.2, 0) is 0 Å². The summed E-state index contributed by atoms with van der Waals surface area (Å²) in [5, 5.41) is 3.90. The second-order valence-corrected chi connectivity index (χ2v) is 3.72. The molecule has 0 N–H and O–H groups in total. The minimum absolute atomic E-state index is 0.0316. The summed E-state index contributed by atoms with van der Waals surface area (Å²) in [6.07, 6.45) is 1.06. The highest BCUT2D eigenvalue weighted by Gasteiger charge is 2.03. The van der Waals surface area contributed by atoms with Gasteiger partial charge in [-0.15, -0.1) is 0 Å². The van der Waals surface area contributed by atoms with Crippen LogP contribution in [0.4, 0.5) is 4.39 Å². The molecular weight excluding hydrogens is 233 g/mol. The lowest BCUT2D eigenvalue weighted by Crippen LogP contribution is -2.00. The van der Waals surface area contributed by atoms with E-state index in [2.05, 4.69) is 15.1 Å². The van der Waals surface area contributed by atoms with E-state index in [4.69, 9.17) is 4.84 Å². The zero-order valence-electron chi connectivity index (χ0n) is 10.1. The maximum absolute atomic E-state index is 12.9. The van der Waals surface area contributed by atoms with Crippen LogP contribution in [0.15, 0.2) is 41.7 Å². The molecule has 0 unspecified atom stereocenters. The molecule has 92 valence electrons. The average Bonchev–Trinajstić information content (AvgIpc) is 2.41. The molecule has 0 aliphatic carbocycles. The summed E-state index contributed by atoms with van der Waals surface area (Å²) in [7, 11) is 0. The zero-order valence-corrected chi connectivity index (χ0v) is 10.1. The van der Waals surface area contributed by atoms with Crippen molar-refractivity contribution in [3.8, 4) is 6.01 Å². The Labute approximate surface area is 104 Å². The lowest BCUT2D eigenvalue weighted by atomic mass is 10.1. The standard InChI is InChI=1S/C13H12FN3O/c1-9(11-6-4-3-5-7-11)17-18-13-15-8-12(14)10(2)16-13/h3-8H,1-2H3/b17-9+. The molecule has 18 heavy (non-hydrogen) atoms. The van der Waals surface area contributed by atoms with Gasteiger partial charge in [0.25, 0.3) is 0 Å². The lowest BCUT2D eigenvalue weighted by Gasteiger charge is -2.01. The Balaban J connectivity index is 2.13. The van der Waals surface area contributed by atoms with Gasteiger partial charge in [0.15, 0.2) is 5.82 Å². The Morgan fingerprint density at radius 3 is 2.67 bits per heavy atom. The average molecular weight is 245 g/mol. The number of hydrogen-bond acceptors (Lipinski definition) is 4. The van der Waals surface area contributed by atoms with Crippen LogP contribution in [0.3, 0.4) is 0 Å². The number of hydrogen-bond donors (Lipinski definition) is 0. The largest absolute Gasteiger partial charge is 0.346 e. The predicted octanol–water partition coefficient (Wildman–Crippen LogP) is 2.73. The fraction of sp³-hybridized carbons (Fsp3) is 0.154. The summed E-state index contributed by atoms with van der Waals surface area (Å²) in [5.41, 5.74) is 1.87. The summed E-state index contributed by atoms with van der Waals surface area (Å²) in [5.74, 6) is -0.467. The number of halogens is 1. The van der Waals surface area contributed by atoms with Crippen LogP contribution in [0, 0.1) is 12.7 Å². The van der Waals surface area contributed by atoms with Gasteiger partial charge in [0.1, 0.15) is 0 Å². The molecule has 4 nitrogen and oxygen atoms in total. The highest BCUT2D eigenvalue weighted by Crippen LogP contribution is 2.08. The maximum Gasteiger partial charge on any atom is 0.346 e. The van der Waals surface area contributed by atoms with Gasteiger partial charge in [-0.1, -0.05) is 35.5 Å². The number of nitrogens with zero attached hydrogens (tertiary/aromatic N) is 3. The first-order chi connectivity index (χ1) is 8.66. The Hall–Kier alpha value is -2.30. The minimum atomic E-state index is -0.467. The molecule has 0 spiro atoms. The van der Waals surface area contributed by atoms with Crippen molar-refractivity contribution >= 4 is 5.71 Å². The van der Waals surface area contributed by atoms with Crippen LogP contribution in [0.25, 0.3) is 0 Å². The molecule has 0 aliphatic rings. The van der Waals surface area contributed by atoms with E-state index in [1.807, 2.05) is 37.3 Å². The molecule has 1 aromatic heterocycles. The van der Waals surface area contributed by atoms with Gasteiger partial charge in [0, 0.05) is 0 Å². The SMILES string of the molecule is C/C(=N\Oc1ncc(F)c(C)n1)c1ccccc1. The van der Waals surface area contributed by atoms with E-state index in [1.54, 1.807) is 0 Å². The summed E-state index contributed by atoms with van der Waals surface area (Å²) < 4.78 is 12.9. The van der Waals surface area contributed by atoms with Crippen molar-refractivity contribution in [3.63, 3.8) is 0 Å². The van der Waals surface area contributed by atoms with Gasteiger partial charge in [-0.05, 0) is 19.4 Å². The molecule has 0 radical (unpaired) electrons. The molecule has 0 saturated carbocycles. The van der Waals surface area contributed by atoms with Gasteiger partial charge in [-0.2, -0.15) is 9.97 Å². The van der Waals surface area contributed by atoms with Crippen molar-refractivity contribution in [2.45, 2.75) is 13.8 Å². The van der Waals surface area contributed by atoms with Crippen molar-refractivity contribution in [1.82, 2.24) is 9.97 Å². The number of aromatic nitrogens is 2. The summed E-state index contributed by atoms with van der Waals surface area (Å²) >= 11 is 0. The Morgan fingerprint density at radius 1 is 1.28 bits per heavy atom. The van der Waals surface area contributed by atoms with Crippen LogP contribution in [-0.4, -0.2) is 15.7 Å². The van der Waals surface area contributed by atoms with Crippen molar-refractivity contribution in [3.05, 3.63) is 53.6 Å². The second kappa shape index (κ2) is 5.35. The van der Waals surface area contributed by atoms with Crippen LogP contribution < -0.4 is 4.84 Å². The first-order valence-corrected chi connectivity index (χ1v) is 5.43. The van der Waals surface area contributed by atoms with Crippen molar-refractivity contribution in [2.75, 3.05) is 0 Å². The molecule has 5 heteroatoms. The molecule has 2 aromatic rings. The predicted molar refractivity (Wildman–Crippen MR) is 66.0 cm³/mol. The van der Waals surface area contributed by atoms with Crippen LogP contribution >= 0.6 is 0 Å². The molecule has 0 bridgehead atoms. The zero-order chi connectivity index (χ0) is 13.0. The van der Waals surface area contributed by atoms with Crippen LogP contribution in [0.5, 0.6) is 6.01 Å². The molecule has 0 aliphatic heterocycles. The van der Waals surface area contributed by atoms with Crippen molar-refractivity contribution < 1.29 is 9.23 Å². The van der Waals surface area contributed by atoms with Gasteiger partial charge in [-0.3, -0.25) is 0 Å². The fourth-order valence-electron chi connectivity index (χ4n) is 1.32. The first-order valence-electron chi connectivity index (χ1n) is 5.43. The molecule has 1 heterocycles. The Bertz CT molecular complexity index is 570. The Kier molecular flexibility index (Phi) is 3.62. The van der Waals surface area contributed by atoms with Gasteiger partial charge in [0.05, 0.1) is 17.6 Å². The van der Waals surface area contributed by atoms with Gasteiger partial charge >= 0.3 is 6.01 Å². The monoisotopic (exact) mass is 245 g/mol. The van der Waals surface area contributed by atoms with Crippen LogP contribution in [0.2, 0.25) is 0 Å². The topological polar surface area (TPSA) is 47.4 Å². The normalized spacial score (nSPS) is 11.4. The van der Waals surface area contributed by atoms with E-state index in [-0.39, 0.29) is 11.7 Å². The molecule has 0 saturated heterocycles. The molecule has 0 fully saturated rings. The number of benzene rings is 1. The third-order valence-electron chi connectivity index (χ3n) is 2.35. The summed E-state index contributed by atoms with van der Waals surface area (Å²) in [6.45, 7) is 3.35. The Morgan fingerprint density at radius 2 is 2.00 bits per heavy atom. The molecule has 2 rings (SSSR count). The first kappa shape index (κ1) is 12.2. The smallest absolute Gasteiger partial charge is 0.315 e. The third kappa shape index (κ3) is 2.88. The summed E-state index contributed by atoms with van der Waals surface area (Å²) in [6, 6.07) is 9.60. The molecule has 1 aromatic carbocycles. The van der Waals surface area contributed by atoms with Gasteiger partial charge < -0.3 is 4.84 Å². The minimum Gasteiger partial charge on any atom is -0.315 e. The van der Waals surface area contributed by atoms with E-state index in [0.29, 0.717) is 5.71 Å². The quantitative estimate of drug-likeness (QED) is 0.617. The van der Waals surface area contributed by atoms with E-state index >= 15 is 0 Å². The van der Waals surface area contributed by atoms with E-state index in [0.717, 1.165) is 11.8 Å². The molecular formula is C13H12FN3O. The number of aryl methyl sites for hydroxylation is 1. The highest BCUT2D eigenvalue weighted by molar-refractivity contribution is 5.98. The number of oxime groups is 1. The fourth-order valence-corrected chi connectivity index (χ4v) is 1.32. The van der Waals surface area contributed by atoms with Crippen LogP contribution in [0.1, 0.15) is 18.2 Å². The van der Waals surface area contributed by atoms with Crippen molar-refractivity contribution in [1.29, 1.82) is 0 Å². The van der Waals surface area contributed by atoms with E-state index < -0.39 is 5.82 Å². The summed E-state index contributed by atoms with van der Waals surface area (Å²) in [4.78, 5) is 12.6. The van der Waals surface area contributed by atoms with Gasteiger partial charge in [-0.25, -0.2) is 4.39 Å². The molecule has 0 amide bonds.